The molecule has 6 nitrogen and oxygen atoms in total. The van der Waals surface area contributed by atoms with Crippen LogP contribution in [0.15, 0.2) is 28.2 Å². The molecule has 0 radical (unpaired) electrons. The number of aromatic nitrogens is 3. The van der Waals surface area contributed by atoms with Gasteiger partial charge in [0.15, 0.2) is 5.16 Å². The highest BCUT2D eigenvalue weighted by molar-refractivity contribution is 8.00. The average Bonchev–Trinajstić information content (AvgIpc) is 2.88. The number of H-pyrrole nitrogens is 1. The van der Waals surface area contributed by atoms with E-state index in [2.05, 4.69) is 15.5 Å². The van der Waals surface area contributed by atoms with Crippen molar-refractivity contribution in [3.63, 3.8) is 0 Å². The number of carbonyl (C=O) groups excluding carboxylic acids is 1. The van der Waals surface area contributed by atoms with E-state index in [-0.39, 0.29) is 17.6 Å². The minimum atomic E-state index is -0.417. The third-order valence-electron chi connectivity index (χ3n) is 3.61. The Kier molecular flexibility index (Phi) is 6.98. The molecule has 0 saturated heterocycles. The Morgan fingerprint density at radius 1 is 1.40 bits per heavy atom. The lowest BCUT2D eigenvalue weighted by molar-refractivity contribution is -0.120. The van der Waals surface area contributed by atoms with E-state index in [1.54, 1.807) is 25.1 Å². The molecule has 2 aromatic rings. The van der Waals surface area contributed by atoms with Gasteiger partial charge >= 0.3 is 5.69 Å². The average molecular weight is 403 g/mol. The Morgan fingerprint density at radius 3 is 2.76 bits per heavy atom. The number of thioether (sulfide) groups is 1. The molecule has 0 aliphatic heterocycles. The second-order valence-corrected chi connectivity index (χ2v) is 7.77. The number of nitrogens with one attached hydrogen (secondary N) is 2. The van der Waals surface area contributed by atoms with Gasteiger partial charge in [-0.15, -0.1) is 5.10 Å². The topological polar surface area (TPSA) is 79.8 Å². The Bertz CT molecular complexity index is 806. The molecule has 1 heterocycles. The molecule has 9 heteroatoms. The van der Waals surface area contributed by atoms with Gasteiger partial charge in [-0.3, -0.25) is 9.36 Å². The van der Waals surface area contributed by atoms with Crippen molar-refractivity contribution in [1.29, 1.82) is 0 Å². The first-order valence-electron chi connectivity index (χ1n) is 7.90. The van der Waals surface area contributed by atoms with Crippen LogP contribution in [-0.4, -0.2) is 25.9 Å². The molecule has 2 N–H and O–H groups in total. The number of aromatic amines is 1. The second kappa shape index (κ2) is 8.78. The van der Waals surface area contributed by atoms with Gasteiger partial charge in [-0.05, 0) is 38.0 Å². The van der Waals surface area contributed by atoms with Crippen molar-refractivity contribution in [2.45, 2.75) is 50.2 Å². The van der Waals surface area contributed by atoms with E-state index in [0.29, 0.717) is 21.7 Å². The lowest BCUT2D eigenvalue weighted by Gasteiger charge is -2.18. The molecular formula is C16H20Cl2N4O2S. The summed E-state index contributed by atoms with van der Waals surface area (Å²) in [6.45, 7) is 6.15. The largest absolute Gasteiger partial charge is 0.349 e. The van der Waals surface area contributed by atoms with Crippen molar-refractivity contribution >= 4 is 40.9 Å². The number of halogens is 2. The first-order chi connectivity index (χ1) is 11.8. The first-order valence-corrected chi connectivity index (χ1v) is 9.54. The molecule has 0 aliphatic rings. The molecule has 0 saturated carbocycles. The van der Waals surface area contributed by atoms with Crippen molar-refractivity contribution in [2.75, 3.05) is 0 Å². The molecule has 0 unspecified atom stereocenters. The minimum absolute atomic E-state index is 0.165. The van der Waals surface area contributed by atoms with Gasteiger partial charge in [0.25, 0.3) is 0 Å². The fourth-order valence-corrected chi connectivity index (χ4v) is 3.75. The predicted molar refractivity (Wildman–Crippen MR) is 101 cm³/mol. The van der Waals surface area contributed by atoms with Crippen LogP contribution in [0.3, 0.4) is 0 Å². The van der Waals surface area contributed by atoms with E-state index in [4.69, 9.17) is 23.2 Å². The first kappa shape index (κ1) is 19.9. The molecule has 2 rings (SSSR count). The smallest absolute Gasteiger partial charge is 0.343 e. The van der Waals surface area contributed by atoms with E-state index < -0.39 is 5.25 Å². The Morgan fingerprint density at radius 2 is 2.12 bits per heavy atom. The summed E-state index contributed by atoms with van der Waals surface area (Å²) in [5.41, 5.74) is 0.526. The summed E-state index contributed by atoms with van der Waals surface area (Å²) in [7, 11) is 0. The highest BCUT2D eigenvalue weighted by atomic mass is 35.5. The molecule has 25 heavy (non-hydrogen) atoms. The summed E-state index contributed by atoms with van der Waals surface area (Å²) in [5, 5.41) is 10.5. The predicted octanol–water partition coefficient (Wildman–Crippen LogP) is 3.65. The third kappa shape index (κ3) is 5.03. The number of rotatable bonds is 7. The molecule has 1 aromatic heterocycles. The van der Waals surface area contributed by atoms with Crippen LogP contribution in [0.1, 0.15) is 38.8 Å². The third-order valence-corrected chi connectivity index (χ3v) is 5.26. The van der Waals surface area contributed by atoms with Crippen LogP contribution in [0.4, 0.5) is 0 Å². The highest BCUT2D eigenvalue weighted by Gasteiger charge is 2.21. The lowest BCUT2D eigenvalue weighted by atomic mass is 10.1. The monoisotopic (exact) mass is 402 g/mol. The van der Waals surface area contributed by atoms with Crippen LogP contribution in [0.5, 0.6) is 0 Å². The van der Waals surface area contributed by atoms with Crippen molar-refractivity contribution in [3.8, 4) is 0 Å². The zero-order valence-corrected chi connectivity index (χ0v) is 16.5. The van der Waals surface area contributed by atoms with Gasteiger partial charge in [0.05, 0.1) is 11.3 Å². The van der Waals surface area contributed by atoms with Gasteiger partial charge in [-0.25, -0.2) is 9.89 Å². The summed E-state index contributed by atoms with van der Waals surface area (Å²) in [4.78, 5) is 24.2. The van der Waals surface area contributed by atoms with Gasteiger partial charge in [0.2, 0.25) is 5.91 Å². The molecule has 1 aromatic carbocycles. The molecule has 0 fully saturated rings. The number of hydrogen-bond donors (Lipinski definition) is 2. The molecular weight excluding hydrogens is 383 g/mol. The Hall–Kier alpha value is -1.44. The van der Waals surface area contributed by atoms with Crippen molar-refractivity contribution in [1.82, 2.24) is 20.1 Å². The number of carbonyl (C=O) groups is 1. The molecule has 1 amide bonds. The Balaban J connectivity index is 2.04. The van der Waals surface area contributed by atoms with Crippen molar-refractivity contribution < 1.29 is 4.79 Å². The van der Waals surface area contributed by atoms with Crippen molar-refractivity contribution in [2.24, 2.45) is 0 Å². The summed E-state index contributed by atoms with van der Waals surface area (Å²) in [5.74, 6) is -0.165. The van der Waals surface area contributed by atoms with Gasteiger partial charge in [0.1, 0.15) is 0 Å². The van der Waals surface area contributed by atoms with Gasteiger partial charge in [-0.1, -0.05) is 48.0 Å². The summed E-state index contributed by atoms with van der Waals surface area (Å²) < 4.78 is 1.54. The fraction of sp³-hybridized carbons (Fsp3) is 0.438. The number of hydrogen-bond acceptors (Lipinski definition) is 4. The lowest BCUT2D eigenvalue weighted by Crippen LogP contribution is -2.33. The maximum Gasteiger partial charge on any atom is 0.343 e. The van der Waals surface area contributed by atoms with Crippen molar-refractivity contribution in [3.05, 3.63) is 44.3 Å². The summed E-state index contributed by atoms with van der Waals surface area (Å²) in [6.07, 6.45) is 0.805. The van der Waals surface area contributed by atoms with Gasteiger partial charge in [0, 0.05) is 16.6 Å². The fourth-order valence-electron chi connectivity index (χ4n) is 2.29. The van der Waals surface area contributed by atoms with E-state index in [0.717, 1.165) is 12.0 Å². The molecule has 0 aliphatic carbocycles. The zero-order valence-electron chi connectivity index (χ0n) is 14.2. The van der Waals surface area contributed by atoms with Crippen LogP contribution in [-0.2, 0) is 11.3 Å². The zero-order chi connectivity index (χ0) is 18.6. The number of amides is 1. The normalized spacial score (nSPS) is 13.5. The van der Waals surface area contributed by atoms with E-state index >= 15 is 0 Å². The molecule has 0 bridgehead atoms. The van der Waals surface area contributed by atoms with Crippen LogP contribution < -0.4 is 11.0 Å². The summed E-state index contributed by atoms with van der Waals surface area (Å²) >= 11 is 13.3. The molecule has 2 atom stereocenters. The maximum absolute atomic E-state index is 12.5. The molecule has 136 valence electrons. The van der Waals surface area contributed by atoms with Crippen LogP contribution in [0, 0.1) is 0 Å². The Labute approximate surface area is 160 Å². The van der Waals surface area contributed by atoms with Gasteiger partial charge < -0.3 is 5.32 Å². The van der Waals surface area contributed by atoms with E-state index in [9.17, 15) is 9.59 Å². The SMILES string of the molecule is CCCn1c(S[C@H](C)C(=O)N[C@H](C)c2ccc(Cl)cc2Cl)n[nH]c1=O. The van der Waals surface area contributed by atoms with Gasteiger partial charge in [-0.2, -0.15) is 0 Å². The van der Waals surface area contributed by atoms with Crippen LogP contribution in [0.2, 0.25) is 10.0 Å². The summed E-state index contributed by atoms with van der Waals surface area (Å²) in [6, 6.07) is 4.90. The van der Waals surface area contributed by atoms with E-state index in [1.807, 2.05) is 13.8 Å². The highest BCUT2D eigenvalue weighted by Crippen LogP contribution is 2.27. The quantitative estimate of drug-likeness (QED) is 0.692. The van der Waals surface area contributed by atoms with Crippen LogP contribution >= 0.6 is 35.0 Å². The van der Waals surface area contributed by atoms with Crippen LogP contribution in [0.25, 0.3) is 0 Å². The minimum Gasteiger partial charge on any atom is -0.349 e. The number of benzene rings is 1. The molecule has 0 spiro atoms. The van der Waals surface area contributed by atoms with E-state index in [1.165, 1.54) is 16.3 Å². The number of nitrogens with zero attached hydrogens (tertiary/aromatic N) is 2. The standard InChI is InChI=1S/C16H20Cl2N4O2S/c1-4-7-22-15(24)20-21-16(22)25-10(3)14(23)19-9(2)12-6-5-11(17)8-13(12)18/h5-6,8-10H,4,7H2,1-3H3,(H,19,23)(H,20,24)/t9-,10-/m1/s1. The maximum atomic E-state index is 12.5. The second-order valence-electron chi connectivity index (χ2n) is 5.62.